The van der Waals surface area contributed by atoms with E-state index in [2.05, 4.69) is 41.8 Å². The molecule has 0 unspecified atom stereocenters. The van der Waals surface area contributed by atoms with Crippen molar-refractivity contribution in [2.45, 2.75) is 32.4 Å². The fourth-order valence-electron chi connectivity index (χ4n) is 3.35. The largest absolute Gasteiger partial charge is 0.391 e. The normalized spacial score (nSPS) is 20.8. The number of aryl methyl sites for hydroxylation is 1. The molecule has 3 N–H and O–H groups in total. The van der Waals surface area contributed by atoms with Gasteiger partial charge in [-0.1, -0.05) is 43.3 Å². The number of carbonyl (C=O) groups excluding carboxylic acids is 1. The van der Waals surface area contributed by atoms with E-state index in [4.69, 9.17) is 0 Å². The topological polar surface area (TPSA) is 61.4 Å². The molecule has 1 aliphatic heterocycles. The summed E-state index contributed by atoms with van der Waals surface area (Å²) in [6.07, 6.45) is 0.909. The third-order valence-electron chi connectivity index (χ3n) is 4.73. The molecule has 2 aromatic rings. The van der Waals surface area contributed by atoms with Crippen molar-refractivity contribution in [1.82, 2.24) is 10.6 Å². The Morgan fingerprint density at radius 2 is 2.09 bits per heavy atom. The minimum atomic E-state index is -0.412. The molecule has 122 valence electrons. The predicted molar refractivity (Wildman–Crippen MR) is 92.2 cm³/mol. The number of amides is 1. The van der Waals surface area contributed by atoms with Crippen LogP contribution in [0.5, 0.6) is 0 Å². The summed E-state index contributed by atoms with van der Waals surface area (Å²) in [5.74, 6) is 0.0286. The third-order valence-corrected chi connectivity index (χ3v) is 4.73. The monoisotopic (exact) mass is 312 g/mol. The Labute approximate surface area is 136 Å². The number of aliphatic hydroxyl groups is 1. The summed E-state index contributed by atoms with van der Waals surface area (Å²) in [6.45, 7) is 3.97. The van der Waals surface area contributed by atoms with Gasteiger partial charge in [-0.05, 0) is 28.3 Å². The molecule has 0 spiro atoms. The van der Waals surface area contributed by atoms with E-state index in [1.807, 2.05) is 12.1 Å². The lowest BCUT2D eigenvalue weighted by Crippen LogP contribution is -2.29. The van der Waals surface area contributed by atoms with Gasteiger partial charge < -0.3 is 15.7 Å². The smallest absolute Gasteiger partial charge is 0.220 e. The molecular formula is C19H24N2O2. The van der Waals surface area contributed by atoms with Gasteiger partial charge in [-0.15, -0.1) is 0 Å². The molecule has 0 bridgehead atoms. The number of aliphatic hydroxyl groups excluding tert-OH is 1. The van der Waals surface area contributed by atoms with Crippen LogP contribution in [0.25, 0.3) is 10.8 Å². The van der Waals surface area contributed by atoms with Gasteiger partial charge in [-0.2, -0.15) is 0 Å². The van der Waals surface area contributed by atoms with Gasteiger partial charge in [0.15, 0.2) is 0 Å². The van der Waals surface area contributed by atoms with Crippen LogP contribution in [0.2, 0.25) is 0 Å². The number of hydrogen-bond acceptors (Lipinski definition) is 3. The minimum absolute atomic E-state index is 0.00716. The van der Waals surface area contributed by atoms with E-state index in [0.717, 1.165) is 6.42 Å². The number of benzene rings is 2. The van der Waals surface area contributed by atoms with Crippen molar-refractivity contribution in [1.29, 1.82) is 0 Å². The van der Waals surface area contributed by atoms with E-state index in [9.17, 15) is 9.90 Å². The van der Waals surface area contributed by atoms with Crippen LogP contribution >= 0.6 is 0 Å². The number of nitrogens with one attached hydrogen (secondary N) is 2. The summed E-state index contributed by atoms with van der Waals surface area (Å²) in [7, 11) is 0. The fourth-order valence-corrected chi connectivity index (χ4v) is 3.35. The molecule has 3 rings (SSSR count). The number of carbonyl (C=O) groups is 1. The maximum Gasteiger partial charge on any atom is 0.220 e. The maximum absolute atomic E-state index is 12.2. The Hall–Kier alpha value is -1.91. The fraction of sp³-hybridized carbons (Fsp3) is 0.421. The van der Waals surface area contributed by atoms with Crippen LogP contribution in [0.4, 0.5) is 0 Å². The number of rotatable bonds is 5. The summed E-state index contributed by atoms with van der Waals surface area (Å²) >= 11 is 0. The first-order valence-electron chi connectivity index (χ1n) is 8.34. The van der Waals surface area contributed by atoms with Crippen LogP contribution in [0, 0.1) is 5.92 Å². The molecule has 2 aromatic carbocycles. The third kappa shape index (κ3) is 3.54. The maximum atomic E-state index is 12.2. The number of fused-ring (bicyclic) bond motifs is 1. The molecule has 23 heavy (non-hydrogen) atoms. The van der Waals surface area contributed by atoms with E-state index in [1.165, 1.54) is 21.9 Å². The first-order chi connectivity index (χ1) is 11.2. The zero-order valence-electron chi connectivity index (χ0n) is 13.5. The summed E-state index contributed by atoms with van der Waals surface area (Å²) in [6, 6.07) is 12.6. The molecule has 0 radical (unpaired) electrons. The van der Waals surface area contributed by atoms with Crippen molar-refractivity contribution in [3.05, 3.63) is 47.5 Å². The molecule has 4 nitrogen and oxygen atoms in total. The Bertz CT molecular complexity index is 699. The molecule has 1 saturated heterocycles. The van der Waals surface area contributed by atoms with Crippen LogP contribution in [-0.2, 0) is 17.8 Å². The van der Waals surface area contributed by atoms with Crippen molar-refractivity contribution in [3.8, 4) is 0 Å². The zero-order chi connectivity index (χ0) is 16.2. The summed E-state index contributed by atoms with van der Waals surface area (Å²) < 4.78 is 0. The van der Waals surface area contributed by atoms with Crippen molar-refractivity contribution < 1.29 is 9.90 Å². The lowest BCUT2D eigenvalue weighted by atomic mass is 9.97. The highest BCUT2D eigenvalue weighted by Crippen LogP contribution is 2.23. The van der Waals surface area contributed by atoms with Gasteiger partial charge >= 0.3 is 0 Å². The Morgan fingerprint density at radius 3 is 2.83 bits per heavy atom. The zero-order valence-corrected chi connectivity index (χ0v) is 13.5. The Balaban J connectivity index is 1.72. The highest BCUT2D eigenvalue weighted by Gasteiger charge is 2.26. The average molecular weight is 312 g/mol. The summed E-state index contributed by atoms with van der Waals surface area (Å²) in [5.41, 5.74) is 2.47. The van der Waals surface area contributed by atoms with E-state index in [-0.39, 0.29) is 11.8 Å². The first-order valence-corrected chi connectivity index (χ1v) is 8.34. The quantitative estimate of drug-likeness (QED) is 0.791. The van der Waals surface area contributed by atoms with Crippen molar-refractivity contribution in [3.63, 3.8) is 0 Å². The van der Waals surface area contributed by atoms with Gasteiger partial charge in [0.25, 0.3) is 0 Å². The standard InChI is InChI=1S/C19H24N2O2/c1-2-13-7-8-14-5-3-4-6-16(14)17(13)11-21-19(23)9-15-10-20-12-18(15)22/h3-8,15,18,20,22H,2,9-12H2,1H3,(H,21,23)/t15-,18-/m1/s1. The highest BCUT2D eigenvalue weighted by molar-refractivity contribution is 5.87. The van der Waals surface area contributed by atoms with Gasteiger partial charge in [0.05, 0.1) is 6.10 Å². The molecule has 1 heterocycles. The van der Waals surface area contributed by atoms with Gasteiger partial charge in [0.2, 0.25) is 5.91 Å². The Kier molecular flexibility index (Phi) is 4.94. The minimum Gasteiger partial charge on any atom is -0.391 e. The second-order valence-corrected chi connectivity index (χ2v) is 6.24. The van der Waals surface area contributed by atoms with E-state index < -0.39 is 6.10 Å². The molecule has 4 heteroatoms. The van der Waals surface area contributed by atoms with E-state index >= 15 is 0 Å². The lowest BCUT2D eigenvalue weighted by Gasteiger charge is -2.15. The number of β-amino-alcohol motifs (C(OH)–C–C–N with tert-alkyl or cyclic N) is 1. The average Bonchev–Trinajstić information content (AvgIpc) is 2.97. The molecule has 2 atom stereocenters. The van der Waals surface area contributed by atoms with Gasteiger partial charge in [-0.3, -0.25) is 4.79 Å². The first kappa shape index (κ1) is 16.0. The van der Waals surface area contributed by atoms with Crippen molar-refractivity contribution >= 4 is 16.7 Å². The van der Waals surface area contributed by atoms with Crippen LogP contribution in [0.1, 0.15) is 24.5 Å². The van der Waals surface area contributed by atoms with Gasteiger partial charge in [0.1, 0.15) is 0 Å². The molecule has 1 amide bonds. The van der Waals surface area contributed by atoms with Crippen molar-refractivity contribution in [2.24, 2.45) is 5.92 Å². The summed E-state index contributed by atoms with van der Waals surface area (Å²) in [4.78, 5) is 12.2. The second-order valence-electron chi connectivity index (χ2n) is 6.24. The Morgan fingerprint density at radius 1 is 1.26 bits per heavy atom. The van der Waals surface area contributed by atoms with Crippen LogP contribution in [0.15, 0.2) is 36.4 Å². The van der Waals surface area contributed by atoms with E-state index in [0.29, 0.717) is 26.1 Å². The lowest BCUT2D eigenvalue weighted by molar-refractivity contribution is -0.122. The molecule has 1 fully saturated rings. The number of hydrogen-bond donors (Lipinski definition) is 3. The van der Waals surface area contributed by atoms with Crippen LogP contribution in [0.3, 0.4) is 0 Å². The molecule has 0 aromatic heterocycles. The van der Waals surface area contributed by atoms with Gasteiger partial charge in [0, 0.05) is 32.0 Å². The van der Waals surface area contributed by atoms with Crippen molar-refractivity contribution in [2.75, 3.05) is 13.1 Å². The molecule has 1 aliphatic rings. The van der Waals surface area contributed by atoms with Gasteiger partial charge in [-0.25, -0.2) is 0 Å². The summed E-state index contributed by atoms with van der Waals surface area (Å²) in [5, 5.41) is 18.4. The van der Waals surface area contributed by atoms with Crippen LogP contribution < -0.4 is 10.6 Å². The van der Waals surface area contributed by atoms with E-state index in [1.54, 1.807) is 0 Å². The SMILES string of the molecule is CCc1ccc2ccccc2c1CNC(=O)C[C@@H]1CNC[C@H]1O. The second kappa shape index (κ2) is 7.11. The highest BCUT2D eigenvalue weighted by atomic mass is 16.3. The molecular weight excluding hydrogens is 288 g/mol. The van der Waals surface area contributed by atoms with Crippen LogP contribution in [-0.4, -0.2) is 30.2 Å². The molecule has 0 aliphatic carbocycles. The predicted octanol–water partition coefficient (Wildman–Crippen LogP) is 1.99. The molecule has 0 saturated carbocycles.